The fourth-order valence-corrected chi connectivity index (χ4v) is 2.68. The predicted molar refractivity (Wildman–Crippen MR) is 69.7 cm³/mol. The molecule has 0 bridgehead atoms. The molecule has 2 rings (SSSR count). The second kappa shape index (κ2) is 5.52. The van der Waals surface area contributed by atoms with Crippen molar-refractivity contribution in [2.24, 2.45) is 0 Å². The van der Waals surface area contributed by atoms with E-state index in [1.165, 1.54) is 18.5 Å². The predicted octanol–water partition coefficient (Wildman–Crippen LogP) is 0.689. The summed E-state index contributed by atoms with van der Waals surface area (Å²) in [5.41, 5.74) is 2.14. The van der Waals surface area contributed by atoms with Crippen molar-refractivity contribution >= 4 is 10.0 Å². The second-order valence-electron chi connectivity index (χ2n) is 4.15. The molecule has 0 saturated carbocycles. The molecule has 3 N–H and O–H groups in total. The highest BCUT2D eigenvalue weighted by molar-refractivity contribution is 7.89. The third-order valence-electron chi connectivity index (χ3n) is 2.81. The van der Waals surface area contributed by atoms with E-state index in [0.29, 0.717) is 11.3 Å². The number of benzene rings is 1. The van der Waals surface area contributed by atoms with Crippen LogP contribution in [0.25, 0.3) is 0 Å². The maximum atomic E-state index is 12.1. The van der Waals surface area contributed by atoms with Crippen LogP contribution in [0.1, 0.15) is 16.8 Å². The van der Waals surface area contributed by atoms with Gasteiger partial charge in [0, 0.05) is 11.9 Å². The Kier molecular flexibility index (Phi) is 3.98. The van der Waals surface area contributed by atoms with Crippen molar-refractivity contribution in [3.63, 3.8) is 0 Å². The van der Waals surface area contributed by atoms with E-state index in [0.717, 1.165) is 5.56 Å². The van der Waals surface area contributed by atoms with Gasteiger partial charge in [0.1, 0.15) is 0 Å². The zero-order valence-electron chi connectivity index (χ0n) is 10.4. The van der Waals surface area contributed by atoms with Crippen molar-refractivity contribution in [2.75, 3.05) is 0 Å². The number of nitrogens with zero attached hydrogens (tertiary/aromatic N) is 1. The Balaban J connectivity index is 2.19. The summed E-state index contributed by atoms with van der Waals surface area (Å²) in [6.07, 6.45) is 3.04. The van der Waals surface area contributed by atoms with Gasteiger partial charge in [-0.1, -0.05) is 6.07 Å². The first-order chi connectivity index (χ1) is 9.03. The summed E-state index contributed by atoms with van der Waals surface area (Å²) >= 11 is 0. The highest BCUT2D eigenvalue weighted by Crippen LogP contribution is 2.15. The van der Waals surface area contributed by atoms with Gasteiger partial charge < -0.3 is 10.1 Å². The largest absolute Gasteiger partial charge is 0.392 e. The third-order valence-corrected chi connectivity index (χ3v) is 4.21. The molecule has 1 aromatic heterocycles. The van der Waals surface area contributed by atoms with E-state index in [9.17, 15) is 8.42 Å². The fourth-order valence-electron chi connectivity index (χ4n) is 1.62. The minimum absolute atomic E-state index is 0.140. The van der Waals surface area contributed by atoms with E-state index >= 15 is 0 Å². The maximum absolute atomic E-state index is 12.1. The molecule has 19 heavy (non-hydrogen) atoms. The van der Waals surface area contributed by atoms with E-state index in [1.807, 2.05) is 6.92 Å². The molecule has 0 saturated heterocycles. The second-order valence-corrected chi connectivity index (χ2v) is 5.91. The fraction of sp³-hybridized carbons (Fsp3) is 0.250. The topological polar surface area (TPSA) is 95.1 Å². The van der Waals surface area contributed by atoms with Gasteiger partial charge in [0.25, 0.3) is 0 Å². The Bertz CT molecular complexity index is 651. The van der Waals surface area contributed by atoms with Gasteiger partial charge in [-0.25, -0.2) is 18.1 Å². The maximum Gasteiger partial charge on any atom is 0.240 e. The van der Waals surface area contributed by atoms with Crippen molar-refractivity contribution in [1.29, 1.82) is 0 Å². The summed E-state index contributed by atoms with van der Waals surface area (Å²) in [5.74, 6) is 0. The standard InChI is InChI=1S/C12H15N3O3S/c1-9-2-3-12(4-10(9)7-16)19(17,18)15-6-11-5-13-8-14-11/h2-5,8,15-16H,6-7H2,1H3,(H,13,14). The Morgan fingerprint density at radius 2 is 2.21 bits per heavy atom. The van der Waals surface area contributed by atoms with Crippen LogP contribution in [0.4, 0.5) is 0 Å². The van der Waals surface area contributed by atoms with E-state index < -0.39 is 10.0 Å². The number of nitrogens with one attached hydrogen (secondary N) is 2. The van der Waals surface area contributed by atoms with Gasteiger partial charge in [-0.3, -0.25) is 0 Å². The lowest BCUT2D eigenvalue weighted by atomic mass is 10.1. The summed E-state index contributed by atoms with van der Waals surface area (Å²) in [7, 11) is -3.59. The number of sulfonamides is 1. The molecule has 0 fully saturated rings. The number of hydrogen-bond acceptors (Lipinski definition) is 4. The molecule has 0 radical (unpaired) electrons. The molecular weight excluding hydrogens is 266 g/mol. The normalized spacial score (nSPS) is 11.7. The molecule has 0 spiro atoms. The first-order valence-electron chi connectivity index (χ1n) is 5.70. The van der Waals surface area contributed by atoms with Gasteiger partial charge in [-0.15, -0.1) is 0 Å². The number of aliphatic hydroxyl groups excluding tert-OH is 1. The number of hydrogen-bond donors (Lipinski definition) is 3. The van der Waals surface area contributed by atoms with Crippen molar-refractivity contribution in [2.45, 2.75) is 25.0 Å². The molecule has 0 aliphatic heterocycles. The van der Waals surface area contributed by atoms with Crippen LogP contribution in [0.3, 0.4) is 0 Å². The lowest BCUT2D eigenvalue weighted by Crippen LogP contribution is -2.23. The molecule has 2 aromatic rings. The van der Waals surface area contributed by atoms with Crippen molar-refractivity contribution in [1.82, 2.24) is 14.7 Å². The zero-order valence-corrected chi connectivity index (χ0v) is 11.2. The van der Waals surface area contributed by atoms with Gasteiger partial charge in [-0.05, 0) is 30.2 Å². The number of H-pyrrole nitrogens is 1. The third kappa shape index (κ3) is 3.19. The van der Waals surface area contributed by atoms with Crippen LogP contribution in [0.15, 0.2) is 35.6 Å². The zero-order chi connectivity index (χ0) is 13.9. The molecule has 6 nitrogen and oxygen atoms in total. The molecule has 0 aliphatic rings. The van der Waals surface area contributed by atoms with Gasteiger partial charge >= 0.3 is 0 Å². The van der Waals surface area contributed by atoms with Crippen LogP contribution in [-0.4, -0.2) is 23.5 Å². The van der Waals surface area contributed by atoms with E-state index in [4.69, 9.17) is 5.11 Å². The summed E-state index contributed by atoms with van der Waals surface area (Å²) in [6.45, 7) is 1.78. The SMILES string of the molecule is Cc1ccc(S(=O)(=O)NCc2cnc[nH]2)cc1CO. The van der Waals surface area contributed by atoms with Gasteiger partial charge in [0.2, 0.25) is 10.0 Å². The number of imidazole rings is 1. The minimum atomic E-state index is -3.59. The van der Waals surface area contributed by atoms with Gasteiger partial charge in [-0.2, -0.15) is 0 Å². The Labute approximate surface area is 111 Å². The highest BCUT2D eigenvalue weighted by atomic mass is 32.2. The molecular formula is C12H15N3O3S. The summed E-state index contributed by atoms with van der Waals surface area (Å²) in [5, 5.41) is 9.16. The summed E-state index contributed by atoms with van der Waals surface area (Å²) < 4.78 is 26.6. The average molecular weight is 281 g/mol. The average Bonchev–Trinajstić information content (AvgIpc) is 2.90. The van der Waals surface area contributed by atoms with Crippen molar-refractivity contribution in [3.05, 3.63) is 47.5 Å². The molecule has 0 aliphatic carbocycles. The number of aryl methyl sites for hydroxylation is 1. The van der Waals surface area contributed by atoms with Crippen LogP contribution in [0.5, 0.6) is 0 Å². The quantitative estimate of drug-likeness (QED) is 0.751. The monoisotopic (exact) mass is 281 g/mol. The Morgan fingerprint density at radius 1 is 1.42 bits per heavy atom. The lowest BCUT2D eigenvalue weighted by molar-refractivity contribution is 0.280. The van der Waals surface area contributed by atoms with Crippen molar-refractivity contribution < 1.29 is 13.5 Å². The molecule has 1 aromatic carbocycles. The smallest absolute Gasteiger partial charge is 0.240 e. The van der Waals surface area contributed by atoms with E-state index in [2.05, 4.69) is 14.7 Å². The molecule has 7 heteroatoms. The van der Waals surface area contributed by atoms with Crippen LogP contribution in [0, 0.1) is 6.92 Å². The van der Waals surface area contributed by atoms with Gasteiger partial charge in [0.05, 0.1) is 24.4 Å². The molecule has 1 heterocycles. The lowest BCUT2D eigenvalue weighted by Gasteiger charge is -2.08. The van der Waals surface area contributed by atoms with E-state index in [-0.39, 0.29) is 18.0 Å². The number of aromatic nitrogens is 2. The van der Waals surface area contributed by atoms with Gasteiger partial charge in [0.15, 0.2) is 0 Å². The molecule has 0 amide bonds. The first kappa shape index (κ1) is 13.7. The van der Waals surface area contributed by atoms with E-state index in [1.54, 1.807) is 12.3 Å². The summed E-state index contributed by atoms with van der Waals surface area (Å²) in [4.78, 5) is 6.77. The van der Waals surface area contributed by atoms with Crippen LogP contribution in [-0.2, 0) is 23.2 Å². The first-order valence-corrected chi connectivity index (χ1v) is 7.18. The number of aromatic amines is 1. The van der Waals surface area contributed by atoms with Crippen LogP contribution in [0.2, 0.25) is 0 Å². The molecule has 0 atom stereocenters. The highest BCUT2D eigenvalue weighted by Gasteiger charge is 2.15. The summed E-state index contributed by atoms with van der Waals surface area (Å²) in [6, 6.07) is 4.67. The van der Waals surface area contributed by atoms with Crippen LogP contribution >= 0.6 is 0 Å². The van der Waals surface area contributed by atoms with Crippen LogP contribution < -0.4 is 4.72 Å². The number of rotatable bonds is 5. The minimum Gasteiger partial charge on any atom is -0.392 e. The molecule has 0 unspecified atom stereocenters. The van der Waals surface area contributed by atoms with Crippen molar-refractivity contribution in [3.8, 4) is 0 Å². The Hall–Kier alpha value is -1.70. The number of aliphatic hydroxyl groups is 1. The Morgan fingerprint density at radius 3 is 2.84 bits per heavy atom. The molecule has 102 valence electrons.